The largest absolute Gasteiger partial charge is 0.416 e. The number of carbonyl (C=O) groups is 1. The molecule has 0 bridgehead atoms. The van der Waals surface area contributed by atoms with Gasteiger partial charge in [0.1, 0.15) is 0 Å². The Kier molecular flexibility index (Phi) is 7.46. The van der Waals surface area contributed by atoms with Crippen LogP contribution in [0.3, 0.4) is 0 Å². The fourth-order valence-electron chi connectivity index (χ4n) is 4.35. The number of carbonyl (C=O) groups excluding carboxylic acids is 1. The maximum atomic E-state index is 13.2. The van der Waals surface area contributed by atoms with Crippen LogP contribution in [0.5, 0.6) is 0 Å². The number of nitrogens with one attached hydrogen (secondary N) is 3. The van der Waals surface area contributed by atoms with Gasteiger partial charge in [-0.05, 0) is 37.3 Å². The molecule has 0 aromatic heterocycles. The van der Waals surface area contributed by atoms with Crippen molar-refractivity contribution in [3.8, 4) is 0 Å². The number of aliphatic imine (C=N–C) groups is 1. The molecule has 6 nitrogen and oxygen atoms in total. The molecule has 2 fully saturated rings. The van der Waals surface area contributed by atoms with Gasteiger partial charge >= 0.3 is 6.18 Å². The molecule has 0 atom stereocenters. The van der Waals surface area contributed by atoms with Crippen molar-refractivity contribution in [1.29, 1.82) is 0 Å². The lowest BCUT2D eigenvalue weighted by Crippen LogP contribution is -2.53. The summed E-state index contributed by atoms with van der Waals surface area (Å²) in [5.41, 5.74) is -0.156. The molecule has 1 aliphatic carbocycles. The van der Waals surface area contributed by atoms with Gasteiger partial charge in [0.25, 0.3) is 0 Å². The Balaban J connectivity index is 1.55. The Bertz CT molecular complexity index is 784. The summed E-state index contributed by atoms with van der Waals surface area (Å²) in [6, 6.07) is 5.96. The van der Waals surface area contributed by atoms with E-state index in [9.17, 15) is 18.0 Å². The van der Waals surface area contributed by atoms with Crippen LogP contribution in [0.2, 0.25) is 0 Å². The molecule has 3 rings (SSSR count). The van der Waals surface area contributed by atoms with E-state index in [4.69, 9.17) is 0 Å². The smallest absolute Gasteiger partial charge is 0.358 e. The van der Waals surface area contributed by atoms with Crippen LogP contribution < -0.4 is 16.0 Å². The highest BCUT2D eigenvalue weighted by molar-refractivity contribution is 5.80. The van der Waals surface area contributed by atoms with Crippen LogP contribution >= 0.6 is 0 Å². The SMILES string of the molecule is CN=C(NCC1(c2cccc(C(F)(F)F)c2)CCC1)NC1CCN(CC(=O)NC)CC1. The number of benzene rings is 1. The minimum atomic E-state index is -4.33. The van der Waals surface area contributed by atoms with E-state index in [0.29, 0.717) is 19.0 Å². The van der Waals surface area contributed by atoms with Gasteiger partial charge in [-0.1, -0.05) is 24.6 Å². The quantitative estimate of drug-likeness (QED) is 0.471. The molecule has 9 heteroatoms. The van der Waals surface area contributed by atoms with Gasteiger partial charge in [0, 0.05) is 45.2 Å². The first-order chi connectivity index (χ1) is 14.8. The first-order valence-corrected chi connectivity index (χ1v) is 10.8. The van der Waals surface area contributed by atoms with E-state index < -0.39 is 11.7 Å². The Morgan fingerprint density at radius 3 is 2.52 bits per heavy atom. The van der Waals surface area contributed by atoms with Crippen molar-refractivity contribution in [2.24, 2.45) is 4.99 Å². The van der Waals surface area contributed by atoms with Gasteiger partial charge in [0.05, 0.1) is 12.1 Å². The fourth-order valence-corrected chi connectivity index (χ4v) is 4.35. The molecule has 1 aromatic carbocycles. The molecule has 1 heterocycles. The first-order valence-electron chi connectivity index (χ1n) is 10.8. The highest BCUT2D eigenvalue weighted by Crippen LogP contribution is 2.44. The van der Waals surface area contributed by atoms with Gasteiger partial charge in [0.15, 0.2) is 5.96 Å². The Morgan fingerprint density at radius 2 is 1.97 bits per heavy atom. The van der Waals surface area contributed by atoms with Gasteiger partial charge in [-0.3, -0.25) is 14.7 Å². The lowest BCUT2D eigenvalue weighted by molar-refractivity contribution is -0.137. The number of amides is 1. The third kappa shape index (κ3) is 5.90. The summed E-state index contributed by atoms with van der Waals surface area (Å²) in [6.07, 6.45) is 0.186. The van der Waals surface area contributed by atoms with E-state index in [2.05, 4.69) is 25.8 Å². The number of alkyl halides is 3. The molecule has 1 amide bonds. The zero-order chi connectivity index (χ0) is 22.5. The molecule has 0 radical (unpaired) electrons. The van der Waals surface area contributed by atoms with E-state index in [1.807, 2.05) is 0 Å². The summed E-state index contributed by atoms with van der Waals surface area (Å²) in [5.74, 6) is 0.687. The van der Waals surface area contributed by atoms with Crippen LogP contribution in [0.25, 0.3) is 0 Å². The molecule has 0 spiro atoms. The molecular weight excluding hydrogens is 407 g/mol. The summed E-state index contributed by atoms with van der Waals surface area (Å²) < 4.78 is 39.5. The first kappa shape index (κ1) is 23.4. The lowest BCUT2D eigenvalue weighted by atomic mass is 9.64. The zero-order valence-corrected chi connectivity index (χ0v) is 18.2. The molecule has 1 saturated carbocycles. The molecule has 1 aromatic rings. The van der Waals surface area contributed by atoms with Crippen molar-refractivity contribution < 1.29 is 18.0 Å². The van der Waals surface area contributed by atoms with Crippen molar-refractivity contribution in [2.75, 3.05) is 40.3 Å². The summed E-state index contributed by atoms with van der Waals surface area (Å²) in [4.78, 5) is 18.0. The van der Waals surface area contributed by atoms with E-state index >= 15 is 0 Å². The Labute approximate surface area is 181 Å². The third-order valence-corrected chi connectivity index (χ3v) is 6.51. The summed E-state index contributed by atoms with van der Waals surface area (Å²) in [7, 11) is 3.34. The molecule has 1 aliphatic heterocycles. The molecule has 172 valence electrons. The minimum Gasteiger partial charge on any atom is -0.358 e. The highest BCUT2D eigenvalue weighted by Gasteiger charge is 2.40. The maximum absolute atomic E-state index is 13.2. The summed E-state index contributed by atoms with van der Waals surface area (Å²) in [5, 5.41) is 9.43. The second-order valence-electron chi connectivity index (χ2n) is 8.51. The van der Waals surface area contributed by atoms with Crippen LogP contribution in [0.4, 0.5) is 13.2 Å². The molecular formula is C22H32F3N5O. The number of nitrogens with zero attached hydrogens (tertiary/aromatic N) is 2. The van der Waals surface area contributed by atoms with Crippen LogP contribution in [0.1, 0.15) is 43.2 Å². The monoisotopic (exact) mass is 439 g/mol. The normalized spacial score (nSPS) is 20.1. The maximum Gasteiger partial charge on any atom is 0.416 e. The number of likely N-dealkylation sites (N-methyl/N-ethyl adjacent to an activating group) is 1. The van der Waals surface area contributed by atoms with Crippen molar-refractivity contribution in [1.82, 2.24) is 20.9 Å². The molecule has 2 aliphatic rings. The van der Waals surface area contributed by atoms with E-state index in [1.54, 1.807) is 20.2 Å². The van der Waals surface area contributed by atoms with Gasteiger partial charge in [-0.25, -0.2) is 0 Å². The van der Waals surface area contributed by atoms with Crippen LogP contribution in [0, 0.1) is 0 Å². The minimum absolute atomic E-state index is 0.0178. The number of piperidine rings is 1. The second-order valence-corrected chi connectivity index (χ2v) is 8.51. The van der Waals surface area contributed by atoms with Gasteiger partial charge < -0.3 is 16.0 Å². The van der Waals surface area contributed by atoms with Crippen molar-refractivity contribution in [3.05, 3.63) is 35.4 Å². The fraction of sp³-hybridized carbons (Fsp3) is 0.636. The van der Waals surface area contributed by atoms with E-state index in [-0.39, 0.29) is 17.4 Å². The predicted octanol–water partition coefficient (Wildman–Crippen LogP) is 2.50. The van der Waals surface area contributed by atoms with Gasteiger partial charge in [-0.15, -0.1) is 0 Å². The van der Waals surface area contributed by atoms with Gasteiger partial charge in [0.2, 0.25) is 5.91 Å². The number of guanidine groups is 1. The number of rotatable bonds is 6. The van der Waals surface area contributed by atoms with E-state index in [0.717, 1.165) is 56.8 Å². The third-order valence-electron chi connectivity index (χ3n) is 6.51. The molecule has 1 saturated heterocycles. The Morgan fingerprint density at radius 1 is 1.26 bits per heavy atom. The number of halogens is 3. The second kappa shape index (κ2) is 9.89. The van der Waals surface area contributed by atoms with Gasteiger partial charge in [-0.2, -0.15) is 13.2 Å². The predicted molar refractivity (Wildman–Crippen MR) is 115 cm³/mol. The Hall–Kier alpha value is -2.29. The molecule has 0 unspecified atom stereocenters. The van der Waals surface area contributed by atoms with E-state index in [1.165, 1.54) is 12.1 Å². The average molecular weight is 440 g/mol. The van der Waals surface area contributed by atoms with Crippen molar-refractivity contribution in [2.45, 2.75) is 49.7 Å². The van der Waals surface area contributed by atoms with Crippen molar-refractivity contribution in [3.63, 3.8) is 0 Å². The number of hydrogen-bond donors (Lipinski definition) is 3. The zero-order valence-electron chi connectivity index (χ0n) is 18.2. The summed E-state index contributed by atoms with van der Waals surface area (Å²) in [6.45, 7) is 2.62. The number of likely N-dealkylation sites (tertiary alicyclic amines) is 1. The van der Waals surface area contributed by atoms with Crippen LogP contribution in [-0.4, -0.2) is 63.1 Å². The number of hydrogen-bond acceptors (Lipinski definition) is 3. The van der Waals surface area contributed by atoms with Crippen LogP contribution in [-0.2, 0) is 16.4 Å². The molecule has 3 N–H and O–H groups in total. The van der Waals surface area contributed by atoms with Crippen LogP contribution in [0.15, 0.2) is 29.3 Å². The average Bonchev–Trinajstić information content (AvgIpc) is 2.73. The lowest BCUT2D eigenvalue weighted by Gasteiger charge is -2.43. The summed E-state index contributed by atoms with van der Waals surface area (Å²) >= 11 is 0. The highest BCUT2D eigenvalue weighted by atomic mass is 19.4. The topological polar surface area (TPSA) is 68.8 Å². The van der Waals surface area contributed by atoms with Crippen molar-refractivity contribution >= 4 is 11.9 Å². The molecule has 31 heavy (non-hydrogen) atoms. The standard InChI is InChI=1S/C22H32F3N5O/c1-26-19(31)14-30-11-7-18(8-12-30)29-20(27-2)28-15-21(9-4-10-21)16-5-3-6-17(13-16)22(23,24)25/h3,5-6,13,18H,4,7-12,14-15H2,1-2H3,(H,26,31)(H2,27,28,29).